The lowest BCUT2D eigenvalue weighted by molar-refractivity contribution is -0.134. The molecular weight excluding hydrogens is 330 g/mol. The van der Waals surface area contributed by atoms with E-state index in [2.05, 4.69) is 5.32 Å². The molecule has 0 aliphatic carbocycles. The molecule has 1 aromatic carbocycles. The molecule has 1 saturated heterocycles. The van der Waals surface area contributed by atoms with Gasteiger partial charge < -0.3 is 15.3 Å². The van der Waals surface area contributed by atoms with Crippen LogP contribution in [0.15, 0.2) is 24.3 Å². The fourth-order valence-corrected chi connectivity index (χ4v) is 2.99. The number of likely N-dealkylation sites (tertiary alicyclic amines) is 1. The van der Waals surface area contributed by atoms with Crippen LogP contribution in [0.25, 0.3) is 0 Å². The number of piperidine rings is 1. The summed E-state index contributed by atoms with van der Waals surface area (Å²) in [4.78, 5) is 27.8. The summed E-state index contributed by atoms with van der Waals surface area (Å²) in [7, 11) is 1.61. The van der Waals surface area contributed by atoms with E-state index in [4.69, 9.17) is 11.6 Å². The van der Waals surface area contributed by atoms with Crippen LogP contribution in [-0.4, -0.2) is 66.6 Å². The molecule has 0 bridgehead atoms. The Kier molecular flexibility index (Phi) is 7.02. The van der Waals surface area contributed by atoms with Gasteiger partial charge in [0.05, 0.1) is 23.8 Å². The highest BCUT2D eigenvalue weighted by Crippen LogP contribution is 2.20. The third kappa shape index (κ3) is 5.47. The van der Waals surface area contributed by atoms with Crippen molar-refractivity contribution in [2.24, 2.45) is 5.92 Å². The first-order chi connectivity index (χ1) is 11.5. The lowest BCUT2D eigenvalue weighted by Gasteiger charge is -2.32. The smallest absolute Gasteiger partial charge is 0.244 e. The molecule has 2 rings (SSSR count). The molecule has 1 fully saturated rings. The maximum Gasteiger partial charge on any atom is 0.244 e. The van der Waals surface area contributed by atoms with E-state index in [1.807, 2.05) is 4.90 Å². The van der Waals surface area contributed by atoms with Crippen molar-refractivity contribution in [1.82, 2.24) is 9.80 Å². The van der Waals surface area contributed by atoms with Crippen molar-refractivity contribution in [3.05, 3.63) is 29.3 Å². The number of rotatable bonds is 6. The summed E-state index contributed by atoms with van der Waals surface area (Å²) < 4.78 is 0. The number of amides is 2. The van der Waals surface area contributed by atoms with Crippen LogP contribution in [0.4, 0.5) is 5.69 Å². The molecule has 0 saturated carbocycles. The molecule has 2 amide bonds. The first-order valence-electron chi connectivity index (χ1n) is 8.11. The Morgan fingerprint density at radius 3 is 2.88 bits per heavy atom. The highest BCUT2D eigenvalue weighted by Gasteiger charge is 2.23. The van der Waals surface area contributed by atoms with Crippen LogP contribution in [0.5, 0.6) is 0 Å². The number of aliphatic hydroxyl groups excluding tert-OH is 1. The van der Waals surface area contributed by atoms with E-state index in [1.165, 1.54) is 4.90 Å². The van der Waals surface area contributed by atoms with Crippen molar-refractivity contribution in [2.45, 2.75) is 12.8 Å². The summed E-state index contributed by atoms with van der Waals surface area (Å²) in [5, 5.41) is 12.4. The van der Waals surface area contributed by atoms with Gasteiger partial charge >= 0.3 is 0 Å². The Balaban J connectivity index is 1.80. The third-order valence-electron chi connectivity index (χ3n) is 4.17. The number of hydrogen-bond donors (Lipinski definition) is 2. The number of aliphatic hydroxyl groups is 1. The van der Waals surface area contributed by atoms with Crippen LogP contribution < -0.4 is 5.32 Å². The van der Waals surface area contributed by atoms with Gasteiger partial charge in [-0.25, -0.2) is 0 Å². The second kappa shape index (κ2) is 9.01. The first kappa shape index (κ1) is 18.7. The molecule has 0 aromatic heterocycles. The number of carbonyl (C=O) groups is 2. The normalized spacial score (nSPS) is 18.2. The fourth-order valence-electron chi connectivity index (χ4n) is 2.81. The van der Waals surface area contributed by atoms with Gasteiger partial charge in [-0.15, -0.1) is 0 Å². The number of benzene rings is 1. The van der Waals surface area contributed by atoms with Crippen LogP contribution >= 0.6 is 11.6 Å². The molecule has 2 N–H and O–H groups in total. The average molecular weight is 354 g/mol. The second-order valence-electron chi connectivity index (χ2n) is 6.20. The quantitative estimate of drug-likeness (QED) is 0.811. The molecular formula is C17H24ClN3O3. The van der Waals surface area contributed by atoms with Crippen LogP contribution in [0.2, 0.25) is 5.02 Å². The van der Waals surface area contributed by atoms with Crippen molar-refractivity contribution in [3.63, 3.8) is 0 Å². The van der Waals surface area contributed by atoms with Crippen LogP contribution in [0, 0.1) is 5.92 Å². The zero-order chi connectivity index (χ0) is 17.5. The maximum atomic E-state index is 12.3. The summed E-state index contributed by atoms with van der Waals surface area (Å²) >= 11 is 6.00. The number of halogens is 1. The van der Waals surface area contributed by atoms with Crippen LogP contribution in [-0.2, 0) is 9.59 Å². The summed E-state index contributed by atoms with van der Waals surface area (Å²) in [6, 6.07) is 6.97. The van der Waals surface area contributed by atoms with Crippen molar-refractivity contribution >= 4 is 29.1 Å². The summed E-state index contributed by atoms with van der Waals surface area (Å²) in [5.41, 5.74) is 0.534. The largest absolute Gasteiger partial charge is 0.396 e. The molecule has 0 radical (unpaired) electrons. The fraction of sp³-hybridized carbons (Fsp3) is 0.529. The van der Waals surface area contributed by atoms with Gasteiger partial charge in [0.15, 0.2) is 0 Å². The van der Waals surface area contributed by atoms with E-state index >= 15 is 0 Å². The van der Waals surface area contributed by atoms with Gasteiger partial charge in [0.1, 0.15) is 0 Å². The number of nitrogens with zero attached hydrogens (tertiary/aromatic N) is 2. The Morgan fingerprint density at radius 1 is 1.42 bits per heavy atom. The molecule has 0 spiro atoms. The number of likely N-dealkylation sites (N-methyl/N-ethyl adjacent to an activating group) is 1. The molecule has 1 aromatic rings. The van der Waals surface area contributed by atoms with Gasteiger partial charge in [0, 0.05) is 20.2 Å². The molecule has 24 heavy (non-hydrogen) atoms. The monoisotopic (exact) mass is 353 g/mol. The SMILES string of the molecule is CN(CC(=O)Nc1ccccc1Cl)C(=O)CN1CCCC(CO)C1. The summed E-state index contributed by atoms with van der Waals surface area (Å²) in [5.74, 6) is -0.158. The van der Waals surface area contributed by atoms with Crippen molar-refractivity contribution < 1.29 is 14.7 Å². The number of para-hydroxylation sites is 1. The number of nitrogens with one attached hydrogen (secondary N) is 1. The summed E-state index contributed by atoms with van der Waals surface area (Å²) in [6.07, 6.45) is 1.98. The van der Waals surface area contributed by atoms with E-state index in [-0.39, 0.29) is 37.4 Å². The second-order valence-corrected chi connectivity index (χ2v) is 6.61. The van der Waals surface area contributed by atoms with Crippen LogP contribution in [0.1, 0.15) is 12.8 Å². The van der Waals surface area contributed by atoms with E-state index in [0.29, 0.717) is 10.7 Å². The molecule has 1 aliphatic heterocycles. The van der Waals surface area contributed by atoms with E-state index in [9.17, 15) is 14.7 Å². The van der Waals surface area contributed by atoms with E-state index < -0.39 is 0 Å². The predicted molar refractivity (Wildman–Crippen MR) is 94.0 cm³/mol. The van der Waals surface area contributed by atoms with Gasteiger partial charge in [-0.1, -0.05) is 23.7 Å². The minimum absolute atomic E-state index is 0.0265. The lowest BCUT2D eigenvalue weighted by Crippen LogP contribution is -2.45. The highest BCUT2D eigenvalue weighted by molar-refractivity contribution is 6.33. The first-order valence-corrected chi connectivity index (χ1v) is 8.49. The maximum absolute atomic E-state index is 12.3. The summed E-state index contributed by atoms with van der Waals surface area (Å²) in [6.45, 7) is 1.97. The zero-order valence-electron chi connectivity index (χ0n) is 13.9. The van der Waals surface area contributed by atoms with Crippen molar-refractivity contribution in [3.8, 4) is 0 Å². The number of anilines is 1. The van der Waals surface area contributed by atoms with Crippen molar-refractivity contribution in [1.29, 1.82) is 0 Å². The molecule has 1 heterocycles. The minimum atomic E-state index is -0.286. The third-order valence-corrected chi connectivity index (χ3v) is 4.50. The van der Waals surface area contributed by atoms with E-state index in [0.717, 1.165) is 25.9 Å². The van der Waals surface area contributed by atoms with Gasteiger partial charge in [0.2, 0.25) is 11.8 Å². The van der Waals surface area contributed by atoms with Gasteiger partial charge in [-0.05, 0) is 37.4 Å². The number of carbonyl (C=O) groups excluding carboxylic acids is 2. The van der Waals surface area contributed by atoms with Gasteiger partial charge in [0.25, 0.3) is 0 Å². The Labute approximate surface area is 147 Å². The molecule has 7 heteroatoms. The molecule has 1 atom stereocenters. The molecule has 1 aliphatic rings. The molecule has 6 nitrogen and oxygen atoms in total. The molecule has 132 valence electrons. The lowest BCUT2D eigenvalue weighted by atomic mass is 9.99. The Morgan fingerprint density at radius 2 is 2.17 bits per heavy atom. The average Bonchev–Trinajstić information content (AvgIpc) is 2.57. The number of hydrogen-bond acceptors (Lipinski definition) is 4. The van der Waals surface area contributed by atoms with Gasteiger partial charge in [-0.3, -0.25) is 14.5 Å². The topological polar surface area (TPSA) is 72.9 Å². The Hall–Kier alpha value is -1.63. The van der Waals surface area contributed by atoms with Gasteiger partial charge in [-0.2, -0.15) is 0 Å². The van der Waals surface area contributed by atoms with Crippen LogP contribution in [0.3, 0.4) is 0 Å². The standard InChI is InChI=1S/C17H24ClN3O3/c1-20(10-16(23)19-15-7-3-2-6-14(15)18)17(24)11-21-8-4-5-13(9-21)12-22/h2-3,6-7,13,22H,4-5,8-12H2,1H3,(H,19,23). The van der Waals surface area contributed by atoms with Crippen molar-refractivity contribution in [2.75, 3.05) is 45.2 Å². The zero-order valence-corrected chi connectivity index (χ0v) is 14.6. The Bertz CT molecular complexity index is 582. The van der Waals surface area contributed by atoms with E-state index in [1.54, 1.807) is 31.3 Å². The minimum Gasteiger partial charge on any atom is -0.396 e. The highest BCUT2D eigenvalue weighted by atomic mass is 35.5. The predicted octanol–water partition coefficient (Wildman–Crippen LogP) is 1.44. The molecule has 1 unspecified atom stereocenters.